The highest BCUT2D eigenvalue weighted by Crippen LogP contribution is 2.03. The maximum Gasteiger partial charge on any atom is 0.151 e. The topological polar surface area (TPSA) is 22.0 Å². The number of nitrogens with zero attached hydrogens (tertiary/aromatic N) is 1. The zero-order chi connectivity index (χ0) is 8.97. The van der Waals surface area contributed by atoms with Crippen LogP contribution < -0.4 is 0 Å². The lowest BCUT2D eigenvalue weighted by Gasteiger charge is -2.00. The van der Waals surface area contributed by atoms with E-state index in [4.69, 9.17) is 11.6 Å². The summed E-state index contributed by atoms with van der Waals surface area (Å²) >= 11 is 5.50. The van der Waals surface area contributed by atoms with Gasteiger partial charge in [-0.1, -0.05) is 11.6 Å². The number of halogens is 1. The molecule has 0 N–H and O–H groups in total. The van der Waals surface area contributed by atoms with Crippen molar-refractivity contribution < 1.29 is 4.79 Å². The second-order valence-electron chi connectivity index (χ2n) is 2.69. The zero-order valence-corrected chi connectivity index (χ0v) is 7.58. The second kappa shape index (κ2) is 4.12. The molecule has 0 amide bonds. The fourth-order valence-corrected chi connectivity index (χ4v) is 1.02. The Labute approximate surface area is 76.5 Å². The van der Waals surface area contributed by atoms with Gasteiger partial charge in [0.1, 0.15) is 0 Å². The number of carbonyl (C=O) groups excluding carboxylic acids is 1. The molecule has 0 unspecified atom stereocenters. The van der Waals surface area contributed by atoms with E-state index in [1.54, 1.807) is 17.8 Å². The first-order valence-corrected chi connectivity index (χ1v) is 4.06. The first-order valence-electron chi connectivity index (χ1n) is 3.63. The molecule has 1 aromatic rings. The van der Waals surface area contributed by atoms with Gasteiger partial charge in [-0.05, 0) is 18.6 Å². The third kappa shape index (κ3) is 2.24. The average molecular weight is 184 g/mol. The Balaban J connectivity index is 2.70. The van der Waals surface area contributed by atoms with Crippen LogP contribution in [0.2, 0.25) is 0 Å². The van der Waals surface area contributed by atoms with Crippen molar-refractivity contribution >= 4 is 17.9 Å². The molecular weight excluding hydrogens is 174 g/mol. The normalized spacial score (nSPS) is 11.7. The van der Waals surface area contributed by atoms with E-state index in [9.17, 15) is 4.79 Å². The lowest BCUT2D eigenvalue weighted by molar-refractivity contribution is 0.112. The van der Waals surface area contributed by atoms with E-state index in [-0.39, 0.29) is 0 Å². The molecule has 0 aromatic carbocycles. The molecular formula is C9H10ClNO. The summed E-state index contributed by atoms with van der Waals surface area (Å²) in [6.07, 6.45) is 4.47. The van der Waals surface area contributed by atoms with E-state index in [0.29, 0.717) is 5.56 Å². The number of hydrogen-bond donors (Lipinski definition) is 0. The van der Waals surface area contributed by atoms with Gasteiger partial charge in [0.25, 0.3) is 0 Å². The number of carbonyl (C=O) groups is 1. The number of hydrogen-bond acceptors (Lipinski definition) is 1. The van der Waals surface area contributed by atoms with Gasteiger partial charge in [-0.3, -0.25) is 4.79 Å². The molecule has 2 nitrogen and oxygen atoms in total. The molecule has 0 spiro atoms. The molecule has 1 rings (SSSR count). The first-order chi connectivity index (χ1) is 5.76. The predicted octanol–water partition coefficient (Wildman–Crippen LogP) is 2.44. The van der Waals surface area contributed by atoms with E-state index in [0.717, 1.165) is 18.4 Å². The highest BCUT2D eigenvalue weighted by molar-refractivity contribution is 6.25. The standard InChI is InChI=1S/C9H10ClNO/c1-8(4-10)5-11-3-2-9(6-11)7-12/h2-4,6-7H,5H2,1H3/b8-4-. The SMILES string of the molecule is C/C(=C/Cl)Cn1ccc(C=O)c1. The Bertz CT molecular complexity index is 301. The van der Waals surface area contributed by atoms with Crippen LogP contribution >= 0.6 is 11.6 Å². The molecule has 0 aliphatic heterocycles. The summed E-state index contributed by atoms with van der Waals surface area (Å²) in [6.45, 7) is 2.67. The van der Waals surface area contributed by atoms with Gasteiger partial charge < -0.3 is 4.57 Å². The Morgan fingerprint density at radius 2 is 2.50 bits per heavy atom. The van der Waals surface area contributed by atoms with Crippen molar-refractivity contribution in [2.45, 2.75) is 13.5 Å². The maximum absolute atomic E-state index is 10.3. The van der Waals surface area contributed by atoms with Gasteiger partial charge in [0, 0.05) is 30.0 Å². The lowest BCUT2D eigenvalue weighted by atomic mass is 10.3. The Morgan fingerprint density at radius 3 is 3.00 bits per heavy atom. The fourth-order valence-electron chi connectivity index (χ4n) is 0.950. The molecule has 0 saturated heterocycles. The molecule has 12 heavy (non-hydrogen) atoms. The van der Waals surface area contributed by atoms with Crippen molar-refractivity contribution in [2.24, 2.45) is 0 Å². The van der Waals surface area contributed by atoms with Gasteiger partial charge in [0.15, 0.2) is 6.29 Å². The molecule has 0 bridgehead atoms. The second-order valence-corrected chi connectivity index (χ2v) is 2.91. The number of allylic oxidation sites excluding steroid dienone is 1. The summed E-state index contributed by atoms with van der Waals surface area (Å²) in [5.41, 5.74) is 3.29. The molecule has 64 valence electrons. The highest BCUT2D eigenvalue weighted by Gasteiger charge is 1.94. The quantitative estimate of drug-likeness (QED) is 0.660. The summed E-state index contributed by atoms with van der Waals surface area (Å²) in [4.78, 5) is 10.3. The Kier molecular flexibility index (Phi) is 3.11. The number of aldehydes is 1. The lowest BCUT2D eigenvalue weighted by Crippen LogP contribution is -1.94. The van der Waals surface area contributed by atoms with Gasteiger partial charge in [-0.2, -0.15) is 0 Å². The van der Waals surface area contributed by atoms with E-state index >= 15 is 0 Å². The zero-order valence-electron chi connectivity index (χ0n) is 6.83. The van der Waals surface area contributed by atoms with Crippen molar-refractivity contribution in [3.8, 4) is 0 Å². The monoisotopic (exact) mass is 183 g/mol. The molecule has 0 radical (unpaired) electrons. The first kappa shape index (κ1) is 9.07. The Morgan fingerprint density at radius 1 is 1.75 bits per heavy atom. The third-order valence-electron chi connectivity index (χ3n) is 1.53. The minimum atomic E-state index is 0.692. The molecule has 0 atom stereocenters. The van der Waals surface area contributed by atoms with Gasteiger partial charge in [-0.15, -0.1) is 0 Å². The van der Waals surface area contributed by atoms with Crippen LogP contribution in [0.3, 0.4) is 0 Å². The largest absolute Gasteiger partial charge is 0.349 e. The van der Waals surface area contributed by atoms with Crippen LogP contribution in [0.4, 0.5) is 0 Å². The van der Waals surface area contributed by atoms with E-state index in [1.807, 2.05) is 17.7 Å². The van der Waals surface area contributed by atoms with Crippen LogP contribution in [0, 0.1) is 0 Å². The van der Waals surface area contributed by atoms with E-state index in [1.165, 1.54) is 0 Å². The summed E-state index contributed by atoms with van der Waals surface area (Å²) in [7, 11) is 0. The van der Waals surface area contributed by atoms with Crippen LogP contribution in [0.1, 0.15) is 17.3 Å². The Hall–Kier alpha value is -1.02. The van der Waals surface area contributed by atoms with Crippen molar-refractivity contribution in [3.05, 3.63) is 35.1 Å². The third-order valence-corrected chi connectivity index (χ3v) is 1.90. The van der Waals surface area contributed by atoms with Crippen LogP contribution in [0.25, 0.3) is 0 Å². The van der Waals surface area contributed by atoms with Crippen LogP contribution in [0.5, 0.6) is 0 Å². The van der Waals surface area contributed by atoms with Crippen LogP contribution in [-0.2, 0) is 6.54 Å². The number of aromatic nitrogens is 1. The molecule has 1 aromatic heterocycles. The van der Waals surface area contributed by atoms with Gasteiger partial charge in [-0.25, -0.2) is 0 Å². The molecule has 1 heterocycles. The minimum Gasteiger partial charge on any atom is -0.349 e. The van der Waals surface area contributed by atoms with Crippen molar-refractivity contribution in [1.29, 1.82) is 0 Å². The summed E-state index contributed by atoms with van der Waals surface area (Å²) in [6, 6.07) is 1.77. The number of rotatable bonds is 3. The molecule has 0 fully saturated rings. The summed E-state index contributed by atoms with van der Waals surface area (Å²) in [5, 5.41) is 0. The van der Waals surface area contributed by atoms with Crippen LogP contribution in [0.15, 0.2) is 29.6 Å². The molecule has 0 aliphatic carbocycles. The smallest absolute Gasteiger partial charge is 0.151 e. The molecule has 0 saturated carbocycles. The molecule has 0 aliphatic rings. The van der Waals surface area contributed by atoms with Gasteiger partial charge in [0.05, 0.1) is 0 Å². The summed E-state index contributed by atoms with van der Waals surface area (Å²) in [5.74, 6) is 0. The van der Waals surface area contributed by atoms with Crippen molar-refractivity contribution in [2.75, 3.05) is 0 Å². The van der Waals surface area contributed by atoms with Gasteiger partial charge >= 0.3 is 0 Å². The van der Waals surface area contributed by atoms with E-state index < -0.39 is 0 Å². The van der Waals surface area contributed by atoms with Crippen molar-refractivity contribution in [3.63, 3.8) is 0 Å². The fraction of sp³-hybridized carbons (Fsp3) is 0.222. The minimum absolute atomic E-state index is 0.692. The van der Waals surface area contributed by atoms with Gasteiger partial charge in [0.2, 0.25) is 0 Å². The highest BCUT2D eigenvalue weighted by atomic mass is 35.5. The van der Waals surface area contributed by atoms with Crippen LogP contribution in [-0.4, -0.2) is 10.9 Å². The molecule has 3 heteroatoms. The van der Waals surface area contributed by atoms with E-state index in [2.05, 4.69) is 0 Å². The maximum atomic E-state index is 10.3. The predicted molar refractivity (Wildman–Crippen MR) is 49.4 cm³/mol. The van der Waals surface area contributed by atoms with Crippen molar-refractivity contribution in [1.82, 2.24) is 4.57 Å². The average Bonchev–Trinajstić information content (AvgIpc) is 2.52. The summed E-state index contributed by atoms with van der Waals surface area (Å²) < 4.78 is 1.91.